The van der Waals surface area contributed by atoms with Crippen LogP contribution in [-0.4, -0.2) is 27.0 Å². The van der Waals surface area contributed by atoms with Crippen LogP contribution in [0.3, 0.4) is 0 Å². The molecule has 0 amide bonds. The van der Waals surface area contributed by atoms with Gasteiger partial charge in [0.1, 0.15) is 0 Å². The van der Waals surface area contributed by atoms with Crippen molar-refractivity contribution in [2.45, 2.75) is 37.8 Å². The summed E-state index contributed by atoms with van der Waals surface area (Å²) in [6.45, 7) is 1.15. The fourth-order valence-electron chi connectivity index (χ4n) is 2.56. The molecule has 90 valence electrons. The van der Waals surface area contributed by atoms with Crippen molar-refractivity contribution in [2.75, 3.05) is 6.54 Å². The Labute approximate surface area is 100 Å². The number of nitrogens with two attached hydrogens (primary N) is 1. The van der Waals surface area contributed by atoms with Crippen molar-refractivity contribution in [1.82, 2.24) is 9.78 Å². The molecule has 0 aromatic carbocycles. The van der Waals surface area contributed by atoms with Crippen LogP contribution in [0.4, 0.5) is 0 Å². The minimum absolute atomic E-state index is 0.292. The van der Waals surface area contributed by atoms with Crippen molar-refractivity contribution in [1.29, 1.82) is 0 Å². The number of aryl methyl sites for hydroxylation is 1. The largest absolute Gasteiger partial charge is 0.388 e. The molecule has 0 saturated heterocycles. The van der Waals surface area contributed by atoms with Crippen LogP contribution in [0.5, 0.6) is 0 Å². The van der Waals surface area contributed by atoms with E-state index in [1.165, 1.54) is 0 Å². The molecule has 4 nitrogen and oxygen atoms in total. The molecule has 3 N–H and O–H groups in total. The van der Waals surface area contributed by atoms with Crippen molar-refractivity contribution >= 4 is 11.6 Å². The number of aromatic nitrogens is 2. The van der Waals surface area contributed by atoms with Gasteiger partial charge in [0.25, 0.3) is 0 Å². The summed E-state index contributed by atoms with van der Waals surface area (Å²) < 4.78 is 1.82. The van der Waals surface area contributed by atoms with Crippen LogP contribution < -0.4 is 5.73 Å². The lowest BCUT2D eigenvalue weighted by Gasteiger charge is -2.28. The first kappa shape index (κ1) is 11.9. The Bertz CT molecular complexity index is 355. The van der Waals surface area contributed by atoms with Crippen molar-refractivity contribution in [3.05, 3.63) is 17.4 Å². The maximum absolute atomic E-state index is 10.3. The minimum atomic E-state index is -0.656. The third-order valence-electron chi connectivity index (χ3n) is 3.58. The van der Waals surface area contributed by atoms with Crippen LogP contribution in [0.1, 0.15) is 25.7 Å². The highest BCUT2D eigenvalue weighted by Gasteiger charge is 2.39. The highest BCUT2D eigenvalue weighted by molar-refractivity contribution is 6.30. The predicted molar refractivity (Wildman–Crippen MR) is 63.2 cm³/mol. The molecule has 1 heterocycles. The van der Waals surface area contributed by atoms with Gasteiger partial charge in [-0.25, -0.2) is 0 Å². The molecule has 1 saturated carbocycles. The molecule has 2 unspecified atom stereocenters. The highest BCUT2D eigenvalue weighted by atomic mass is 35.5. The monoisotopic (exact) mass is 243 g/mol. The first-order valence-corrected chi connectivity index (χ1v) is 6.12. The Morgan fingerprint density at radius 3 is 3.12 bits per heavy atom. The number of nitrogens with zero attached hydrogens (tertiary/aromatic N) is 2. The van der Waals surface area contributed by atoms with Gasteiger partial charge in [0, 0.05) is 19.3 Å². The van der Waals surface area contributed by atoms with E-state index in [0.717, 1.165) is 32.2 Å². The smallest absolute Gasteiger partial charge is 0.0798 e. The van der Waals surface area contributed by atoms with Gasteiger partial charge in [-0.1, -0.05) is 18.0 Å². The molecule has 2 atom stereocenters. The second kappa shape index (κ2) is 4.73. The third-order valence-corrected chi connectivity index (χ3v) is 3.78. The second-order valence-corrected chi connectivity index (χ2v) is 5.04. The number of halogens is 1. The van der Waals surface area contributed by atoms with E-state index >= 15 is 0 Å². The Morgan fingerprint density at radius 1 is 1.69 bits per heavy atom. The Morgan fingerprint density at radius 2 is 2.50 bits per heavy atom. The zero-order valence-electron chi connectivity index (χ0n) is 9.27. The van der Waals surface area contributed by atoms with E-state index in [1.54, 1.807) is 12.4 Å². The summed E-state index contributed by atoms with van der Waals surface area (Å²) in [4.78, 5) is 0. The van der Waals surface area contributed by atoms with Gasteiger partial charge in [0.2, 0.25) is 0 Å². The van der Waals surface area contributed by atoms with Gasteiger partial charge < -0.3 is 10.8 Å². The Balaban J connectivity index is 1.90. The fraction of sp³-hybridized carbons (Fsp3) is 0.727. The summed E-state index contributed by atoms with van der Waals surface area (Å²) in [5.74, 6) is 0.292. The summed E-state index contributed by atoms with van der Waals surface area (Å²) in [7, 11) is 0. The number of hydrogen-bond acceptors (Lipinski definition) is 3. The van der Waals surface area contributed by atoms with E-state index in [-0.39, 0.29) is 0 Å². The highest BCUT2D eigenvalue weighted by Crippen LogP contribution is 2.37. The average Bonchev–Trinajstić information content (AvgIpc) is 2.83. The molecule has 0 radical (unpaired) electrons. The van der Waals surface area contributed by atoms with E-state index in [1.807, 2.05) is 4.68 Å². The van der Waals surface area contributed by atoms with Crippen LogP contribution in [0.2, 0.25) is 5.02 Å². The molecule has 1 aliphatic rings. The van der Waals surface area contributed by atoms with Crippen LogP contribution in [0.25, 0.3) is 0 Å². The van der Waals surface area contributed by atoms with Gasteiger partial charge in [-0.2, -0.15) is 5.10 Å². The Hall–Kier alpha value is -0.580. The molecule has 1 aliphatic carbocycles. The quantitative estimate of drug-likeness (QED) is 0.841. The molecule has 1 aromatic rings. The van der Waals surface area contributed by atoms with E-state index in [0.29, 0.717) is 17.5 Å². The van der Waals surface area contributed by atoms with Crippen molar-refractivity contribution < 1.29 is 5.11 Å². The van der Waals surface area contributed by atoms with Gasteiger partial charge in [0.15, 0.2) is 0 Å². The van der Waals surface area contributed by atoms with Gasteiger partial charge >= 0.3 is 0 Å². The van der Waals surface area contributed by atoms with Crippen molar-refractivity contribution in [3.8, 4) is 0 Å². The summed E-state index contributed by atoms with van der Waals surface area (Å²) in [6.07, 6.45) is 7.30. The van der Waals surface area contributed by atoms with Crippen LogP contribution in [-0.2, 0) is 6.54 Å². The SMILES string of the molecule is NCC1(O)CCCC1CCn1cc(Cl)cn1. The fourth-order valence-corrected chi connectivity index (χ4v) is 2.71. The van der Waals surface area contributed by atoms with E-state index in [4.69, 9.17) is 17.3 Å². The lowest BCUT2D eigenvalue weighted by atomic mass is 9.88. The first-order valence-electron chi connectivity index (χ1n) is 5.74. The molecule has 1 fully saturated rings. The number of hydrogen-bond donors (Lipinski definition) is 2. The van der Waals surface area contributed by atoms with Crippen LogP contribution >= 0.6 is 11.6 Å². The zero-order valence-corrected chi connectivity index (χ0v) is 10.0. The summed E-state index contributed by atoms with van der Waals surface area (Å²) in [6, 6.07) is 0. The molecule has 0 spiro atoms. The molecular formula is C11H18ClN3O. The molecule has 1 aromatic heterocycles. The van der Waals surface area contributed by atoms with E-state index in [9.17, 15) is 5.11 Å². The van der Waals surface area contributed by atoms with Crippen LogP contribution in [0, 0.1) is 5.92 Å². The maximum Gasteiger partial charge on any atom is 0.0798 e. The van der Waals surface area contributed by atoms with E-state index < -0.39 is 5.60 Å². The normalized spacial score (nSPS) is 29.8. The Kier molecular flexibility index (Phi) is 3.52. The lowest BCUT2D eigenvalue weighted by molar-refractivity contribution is 0.00629. The standard InChI is InChI=1S/C11H18ClN3O/c12-10-6-14-15(7-10)5-3-9-2-1-4-11(9,16)8-13/h6-7,9,16H,1-5,8,13H2. The second-order valence-electron chi connectivity index (χ2n) is 4.61. The average molecular weight is 244 g/mol. The lowest BCUT2D eigenvalue weighted by Crippen LogP contribution is -2.41. The first-order chi connectivity index (χ1) is 7.64. The molecule has 0 aliphatic heterocycles. The predicted octanol–water partition coefficient (Wildman–Crippen LogP) is 1.42. The van der Waals surface area contributed by atoms with E-state index in [2.05, 4.69) is 5.10 Å². The summed E-state index contributed by atoms with van der Waals surface area (Å²) >= 11 is 5.79. The molecule has 5 heteroatoms. The topological polar surface area (TPSA) is 64.1 Å². The maximum atomic E-state index is 10.3. The van der Waals surface area contributed by atoms with Gasteiger partial charge in [-0.15, -0.1) is 0 Å². The van der Waals surface area contributed by atoms with Crippen molar-refractivity contribution in [3.63, 3.8) is 0 Å². The van der Waals surface area contributed by atoms with Gasteiger partial charge in [-0.05, 0) is 25.2 Å². The molecule has 2 rings (SSSR count). The number of rotatable bonds is 4. The molecule has 0 bridgehead atoms. The number of aliphatic hydroxyl groups is 1. The van der Waals surface area contributed by atoms with Crippen molar-refractivity contribution in [2.24, 2.45) is 11.7 Å². The summed E-state index contributed by atoms with van der Waals surface area (Å²) in [5, 5.41) is 15.0. The molecule has 16 heavy (non-hydrogen) atoms. The molecular weight excluding hydrogens is 226 g/mol. The van der Waals surface area contributed by atoms with Gasteiger partial charge in [0.05, 0.1) is 16.8 Å². The minimum Gasteiger partial charge on any atom is -0.388 e. The third kappa shape index (κ3) is 2.39. The van der Waals surface area contributed by atoms with Gasteiger partial charge in [-0.3, -0.25) is 4.68 Å². The van der Waals surface area contributed by atoms with Crippen LogP contribution in [0.15, 0.2) is 12.4 Å². The zero-order chi connectivity index (χ0) is 11.6. The summed E-state index contributed by atoms with van der Waals surface area (Å²) in [5.41, 5.74) is 4.98.